The maximum Gasteiger partial charge on any atom is 0.303 e. The molecule has 0 saturated carbocycles. The summed E-state index contributed by atoms with van der Waals surface area (Å²) in [5.74, 6) is -1.58. The Morgan fingerprint density at radius 1 is 1.00 bits per heavy atom. The molecule has 0 spiro atoms. The lowest BCUT2D eigenvalue weighted by Crippen LogP contribution is -2.04. The molecular weight excluding hydrogens is 203 g/mol. The van der Waals surface area contributed by atoms with E-state index in [1.807, 2.05) is 6.92 Å². The minimum atomic E-state index is -0.788. The van der Waals surface area contributed by atoms with Gasteiger partial charge in [-0.1, -0.05) is 13.3 Å². The summed E-state index contributed by atoms with van der Waals surface area (Å²) in [6.07, 6.45) is 3.65. The summed E-state index contributed by atoms with van der Waals surface area (Å²) in [4.78, 5) is 20.7. The van der Waals surface area contributed by atoms with Crippen LogP contribution >= 0.6 is 7.92 Å². The van der Waals surface area contributed by atoms with E-state index in [2.05, 4.69) is 0 Å². The lowest BCUT2D eigenvalue weighted by atomic mass is 10.5. The zero-order chi connectivity index (χ0) is 11.0. The minimum absolute atomic E-state index is 0.172. The summed E-state index contributed by atoms with van der Waals surface area (Å²) < 4.78 is 0. The predicted molar refractivity (Wildman–Crippen MR) is 56.3 cm³/mol. The van der Waals surface area contributed by atoms with Crippen LogP contribution in [-0.2, 0) is 9.59 Å². The smallest absolute Gasteiger partial charge is 0.303 e. The normalized spacial score (nSPS) is 10.4. The average Bonchev–Trinajstić information content (AvgIpc) is 2.09. The Balaban J connectivity index is 3.76. The first-order valence-corrected chi connectivity index (χ1v) is 6.62. The van der Waals surface area contributed by atoms with Gasteiger partial charge < -0.3 is 10.2 Å². The second kappa shape index (κ2) is 7.74. The van der Waals surface area contributed by atoms with Crippen LogP contribution in [-0.4, -0.2) is 40.6 Å². The van der Waals surface area contributed by atoms with E-state index in [0.717, 1.165) is 12.6 Å². The molecule has 0 bridgehead atoms. The summed E-state index contributed by atoms with van der Waals surface area (Å²) in [5, 5.41) is 17.0. The molecular formula is C9H17O4P. The van der Waals surface area contributed by atoms with E-state index in [0.29, 0.717) is 12.3 Å². The molecule has 0 saturated heterocycles. The van der Waals surface area contributed by atoms with Crippen molar-refractivity contribution in [3.8, 4) is 0 Å². The highest BCUT2D eigenvalue weighted by molar-refractivity contribution is 7.57. The lowest BCUT2D eigenvalue weighted by molar-refractivity contribution is -0.137. The topological polar surface area (TPSA) is 74.6 Å². The molecule has 5 heteroatoms. The third kappa shape index (κ3) is 7.99. The number of hydrogen-bond donors (Lipinski definition) is 2. The third-order valence-electron chi connectivity index (χ3n) is 1.82. The zero-order valence-corrected chi connectivity index (χ0v) is 9.30. The van der Waals surface area contributed by atoms with Gasteiger partial charge in [-0.05, 0) is 18.5 Å². The van der Waals surface area contributed by atoms with Crippen molar-refractivity contribution in [1.29, 1.82) is 0 Å². The van der Waals surface area contributed by atoms with Crippen molar-refractivity contribution in [1.82, 2.24) is 0 Å². The summed E-state index contributed by atoms with van der Waals surface area (Å²) >= 11 is 0. The van der Waals surface area contributed by atoms with Crippen molar-refractivity contribution in [2.45, 2.75) is 26.2 Å². The van der Waals surface area contributed by atoms with Gasteiger partial charge in [0.1, 0.15) is 0 Å². The van der Waals surface area contributed by atoms with Crippen LogP contribution in [0.5, 0.6) is 0 Å². The Kier molecular flexibility index (Phi) is 7.40. The maximum absolute atomic E-state index is 10.3. The fraction of sp³-hybridized carbons (Fsp3) is 0.778. The van der Waals surface area contributed by atoms with Crippen molar-refractivity contribution >= 4 is 19.9 Å². The van der Waals surface area contributed by atoms with E-state index in [1.54, 1.807) is 0 Å². The van der Waals surface area contributed by atoms with Gasteiger partial charge in [0.2, 0.25) is 0 Å². The molecule has 0 heterocycles. The van der Waals surface area contributed by atoms with Gasteiger partial charge in [0.15, 0.2) is 0 Å². The highest BCUT2D eigenvalue weighted by atomic mass is 31.1. The van der Waals surface area contributed by atoms with Crippen molar-refractivity contribution in [3.63, 3.8) is 0 Å². The van der Waals surface area contributed by atoms with Gasteiger partial charge in [-0.3, -0.25) is 9.59 Å². The molecule has 0 amide bonds. The van der Waals surface area contributed by atoms with Crippen LogP contribution in [0.2, 0.25) is 0 Å². The second-order valence-electron chi connectivity index (χ2n) is 3.13. The number of carbonyl (C=O) groups is 2. The SMILES string of the molecule is CCCP(CCC(=O)O)CCC(=O)O. The molecule has 0 aliphatic carbocycles. The van der Waals surface area contributed by atoms with Gasteiger partial charge in [-0.25, -0.2) is 0 Å². The summed E-state index contributed by atoms with van der Waals surface area (Å²) in [6.45, 7) is 2.04. The van der Waals surface area contributed by atoms with Gasteiger partial charge in [-0.15, -0.1) is 7.92 Å². The molecule has 0 aliphatic heterocycles. The number of hydrogen-bond acceptors (Lipinski definition) is 2. The van der Waals surface area contributed by atoms with Crippen LogP contribution in [0.4, 0.5) is 0 Å². The van der Waals surface area contributed by atoms with Crippen LogP contribution in [0.15, 0.2) is 0 Å². The first-order chi connectivity index (χ1) is 6.56. The predicted octanol–water partition coefficient (Wildman–Crippen LogP) is 1.83. The van der Waals surface area contributed by atoms with Crippen molar-refractivity contribution in [2.75, 3.05) is 18.5 Å². The molecule has 0 aliphatic rings. The Labute approximate surface area is 85.1 Å². The Bertz CT molecular complexity index is 175. The molecule has 0 aromatic heterocycles. The quantitative estimate of drug-likeness (QED) is 0.612. The number of carboxylic acid groups (broad SMARTS) is 2. The van der Waals surface area contributed by atoms with Crippen LogP contribution in [0.1, 0.15) is 26.2 Å². The molecule has 0 fully saturated rings. The fourth-order valence-electron chi connectivity index (χ4n) is 1.16. The molecule has 0 atom stereocenters. The van der Waals surface area contributed by atoms with E-state index in [4.69, 9.17) is 10.2 Å². The van der Waals surface area contributed by atoms with Gasteiger partial charge in [0.05, 0.1) is 0 Å². The van der Waals surface area contributed by atoms with E-state index in [1.165, 1.54) is 0 Å². The number of rotatable bonds is 8. The van der Waals surface area contributed by atoms with Crippen LogP contribution in [0.3, 0.4) is 0 Å². The molecule has 14 heavy (non-hydrogen) atoms. The first kappa shape index (κ1) is 13.4. The van der Waals surface area contributed by atoms with E-state index >= 15 is 0 Å². The van der Waals surface area contributed by atoms with Crippen molar-refractivity contribution < 1.29 is 19.8 Å². The van der Waals surface area contributed by atoms with Gasteiger partial charge in [0.25, 0.3) is 0 Å². The number of carboxylic acids is 2. The van der Waals surface area contributed by atoms with Gasteiger partial charge >= 0.3 is 11.9 Å². The highest BCUT2D eigenvalue weighted by Gasteiger charge is 2.10. The lowest BCUT2D eigenvalue weighted by Gasteiger charge is -2.14. The molecule has 0 aromatic carbocycles. The van der Waals surface area contributed by atoms with E-state index < -0.39 is 11.9 Å². The van der Waals surface area contributed by atoms with Crippen LogP contribution < -0.4 is 0 Å². The molecule has 82 valence electrons. The first-order valence-electron chi connectivity index (χ1n) is 4.72. The third-order valence-corrected chi connectivity index (χ3v) is 4.62. The summed E-state index contributed by atoms with van der Waals surface area (Å²) in [5.41, 5.74) is 0. The fourth-order valence-corrected chi connectivity index (χ4v) is 3.48. The van der Waals surface area contributed by atoms with Crippen LogP contribution in [0, 0.1) is 0 Å². The highest BCUT2D eigenvalue weighted by Crippen LogP contribution is 2.37. The Morgan fingerprint density at radius 2 is 1.43 bits per heavy atom. The van der Waals surface area contributed by atoms with E-state index in [-0.39, 0.29) is 20.8 Å². The molecule has 2 N–H and O–H groups in total. The Hall–Kier alpha value is -0.630. The molecule has 0 rings (SSSR count). The van der Waals surface area contributed by atoms with E-state index in [9.17, 15) is 9.59 Å². The minimum Gasteiger partial charge on any atom is -0.481 e. The standard InChI is InChI=1S/C9H17O4P/c1-2-5-14(6-3-8(10)11)7-4-9(12)13/h2-7H2,1H3,(H,10,11)(H,12,13). The summed E-state index contributed by atoms with van der Waals surface area (Å²) in [7, 11) is -0.387. The van der Waals surface area contributed by atoms with Crippen LogP contribution in [0.25, 0.3) is 0 Å². The number of aliphatic carboxylic acids is 2. The monoisotopic (exact) mass is 220 g/mol. The zero-order valence-electron chi connectivity index (χ0n) is 8.40. The molecule has 0 unspecified atom stereocenters. The largest absolute Gasteiger partial charge is 0.481 e. The average molecular weight is 220 g/mol. The van der Waals surface area contributed by atoms with Crippen molar-refractivity contribution in [3.05, 3.63) is 0 Å². The Morgan fingerprint density at radius 3 is 1.71 bits per heavy atom. The summed E-state index contributed by atoms with van der Waals surface area (Å²) in [6, 6.07) is 0. The molecule has 4 nitrogen and oxygen atoms in total. The maximum atomic E-state index is 10.3. The second-order valence-corrected chi connectivity index (χ2v) is 5.81. The van der Waals surface area contributed by atoms with Gasteiger partial charge in [-0.2, -0.15) is 0 Å². The molecule has 0 radical (unpaired) electrons. The van der Waals surface area contributed by atoms with Gasteiger partial charge in [0, 0.05) is 12.8 Å². The van der Waals surface area contributed by atoms with Crippen molar-refractivity contribution in [2.24, 2.45) is 0 Å². The molecule has 0 aromatic rings.